The SMILES string of the molecule is COCCCC1(CO)CCCN(C(=O)Cc2c(C)[nH]c(=O)[nH]c2=O)C1. The monoisotopic (exact) mass is 353 g/mol. The van der Waals surface area contributed by atoms with Gasteiger partial charge in [0.05, 0.1) is 13.0 Å². The Kier molecular flexibility index (Phi) is 6.55. The van der Waals surface area contributed by atoms with E-state index in [0.717, 1.165) is 25.7 Å². The predicted molar refractivity (Wildman–Crippen MR) is 92.6 cm³/mol. The third-order valence-corrected chi connectivity index (χ3v) is 4.99. The normalized spacial score (nSPS) is 20.7. The molecule has 3 N–H and O–H groups in total. The van der Waals surface area contributed by atoms with E-state index >= 15 is 0 Å². The molecule has 0 aliphatic carbocycles. The number of H-pyrrole nitrogens is 2. The molecule has 1 aromatic rings. The highest BCUT2D eigenvalue weighted by Crippen LogP contribution is 2.34. The molecule has 1 fully saturated rings. The summed E-state index contributed by atoms with van der Waals surface area (Å²) in [5.74, 6) is -0.162. The van der Waals surface area contributed by atoms with E-state index in [4.69, 9.17) is 4.74 Å². The number of aryl methyl sites for hydroxylation is 1. The summed E-state index contributed by atoms with van der Waals surface area (Å²) in [6.45, 7) is 3.36. The van der Waals surface area contributed by atoms with Crippen LogP contribution in [0.4, 0.5) is 0 Å². The van der Waals surface area contributed by atoms with Gasteiger partial charge in [0.2, 0.25) is 5.91 Å². The summed E-state index contributed by atoms with van der Waals surface area (Å²) in [5.41, 5.74) is -0.718. The van der Waals surface area contributed by atoms with E-state index < -0.39 is 11.2 Å². The largest absolute Gasteiger partial charge is 0.396 e. The van der Waals surface area contributed by atoms with Gasteiger partial charge in [-0.1, -0.05) is 0 Å². The molecule has 8 nitrogen and oxygen atoms in total. The van der Waals surface area contributed by atoms with Crippen LogP contribution in [0.1, 0.15) is 36.9 Å². The molecule has 1 aliphatic rings. The Hall–Kier alpha value is -1.93. The van der Waals surface area contributed by atoms with Gasteiger partial charge in [-0.15, -0.1) is 0 Å². The van der Waals surface area contributed by atoms with Gasteiger partial charge in [0, 0.05) is 43.5 Å². The number of likely N-dealkylation sites (tertiary alicyclic amines) is 1. The van der Waals surface area contributed by atoms with Crippen molar-refractivity contribution in [1.29, 1.82) is 0 Å². The predicted octanol–water partition coefficient (Wildman–Crippen LogP) is -0.0582. The quantitative estimate of drug-likeness (QED) is 0.594. The van der Waals surface area contributed by atoms with Crippen LogP contribution in [0, 0.1) is 12.3 Å². The molecule has 2 rings (SSSR count). The second-order valence-corrected chi connectivity index (χ2v) is 6.86. The van der Waals surface area contributed by atoms with Gasteiger partial charge in [0.1, 0.15) is 0 Å². The Morgan fingerprint density at radius 3 is 2.76 bits per heavy atom. The molecule has 1 aliphatic heterocycles. The zero-order chi connectivity index (χ0) is 18.4. The number of hydrogen-bond acceptors (Lipinski definition) is 5. The topological polar surface area (TPSA) is 115 Å². The molecule has 2 heterocycles. The number of methoxy groups -OCH3 is 1. The van der Waals surface area contributed by atoms with E-state index in [9.17, 15) is 19.5 Å². The van der Waals surface area contributed by atoms with Gasteiger partial charge < -0.3 is 19.7 Å². The fraction of sp³-hybridized carbons (Fsp3) is 0.706. The van der Waals surface area contributed by atoms with E-state index in [2.05, 4.69) is 9.97 Å². The molecular weight excluding hydrogens is 326 g/mol. The zero-order valence-corrected chi connectivity index (χ0v) is 14.9. The third-order valence-electron chi connectivity index (χ3n) is 4.99. The number of aromatic nitrogens is 2. The molecule has 8 heteroatoms. The van der Waals surface area contributed by atoms with E-state index in [1.165, 1.54) is 0 Å². The number of aliphatic hydroxyl groups excluding tert-OH is 1. The first-order valence-electron chi connectivity index (χ1n) is 8.60. The van der Waals surface area contributed by atoms with Crippen molar-refractivity contribution < 1.29 is 14.6 Å². The van der Waals surface area contributed by atoms with Gasteiger partial charge >= 0.3 is 5.69 Å². The highest BCUT2D eigenvalue weighted by molar-refractivity contribution is 5.79. The molecule has 1 atom stereocenters. The molecular formula is C17H27N3O5. The number of nitrogens with zero attached hydrogens (tertiary/aromatic N) is 1. The van der Waals surface area contributed by atoms with E-state index in [-0.39, 0.29) is 29.9 Å². The van der Waals surface area contributed by atoms with Gasteiger partial charge in [-0.2, -0.15) is 0 Å². The highest BCUT2D eigenvalue weighted by Gasteiger charge is 2.36. The van der Waals surface area contributed by atoms with Crippen LogP contribution in [0.25, 0.3) is 0 Å². The lowest BCUT2D eigenvalue weighted by Crippen LogP contribution is -2.48. The van der Waals surface area contributed by atoms with Crippen LogP contribution < -0.4 is 11.2 Å². The smallest absolute Gasteiger partial charge is 0.325 e. The van der Waals surface area contributed by atoms with Crippen LogP contribution in [-0.4, -0.2) is 59.3 Å². The fourth-order valence-electron chi connectivity index (χ4n) is 3.53. The van der Waals surface area contributed by atoms with Gasteiger partial charge in [0.25, 0.3) is 5.56 Å². The minimum Gasteiger partial charge on any atom is -0.396 e. The maximum absolute atomic E-state index is 12.7. The summed E-state index contributed by atoms with van der Waals surface area (Å²) in [6.07, 6.45) is 3.25. The molecule has 0 radical (unpaired) electrons. The van der Waals surface area contributed by atoms with Crippen LogP contribution in [0.2, 0.25) is 0 Å². The highest BCUT2D eigenvalue weighted by atomic mass is 16.5. The van der Waals surface area contributed by atoms with Crippen LogP contribution in [0.3, 0.4) is 0 Å². The first kappa shape index (κ1) is 19.4. The van der Waals surface area contributed by atoms with E-state index in [1.54, 1.807) is 18.9 Å². The number of hydrogen-bond donors (Lipinski definition) is 3. The molecule has 0 aromatic carbocycles. The minimum absolute atomic E-state index is 0.0265. The number of nitrogens with one attached hydrogen (secondary N) is 2. The molecule has 0 saturated carbocycles. The van der Waals surface area contributed by atoms with Crippen molar-refractivity contribution in [3.05, 3.63) is 32.1 Å². The molecule has 1 saturated heterocycles. The second kappa shape index (κ2) is 8.44. The molecule has 1 unspecified atom stereocenters. The van der Waals surface area contributed by atoms with E-state index in [1.807, 2.05) is 0 Å². The number of rotatable bonds is 7. The average molecular weight is 353 g/mol. The van der Waals surface area contributed by atoms with Crippen LogP contribution in [-0.2, 0) is 16.0 Å². The Labute approximate surface area is 146 Å². The average Bonchev–Trinajstić information content (AvgIpc) is 2.58. The summed E-state index contributed by atoms with van der Waals surface area (Å²) in [4.78, 5) is 42.2. The Bertz CT molecular complexity index is 711. The molecule has 1 aromatic heterocycles. The van der Waals surface area contributed by atoms with Crippen molar-refractivity contribution in [2.75, 3.05) is 33.4 Å². The maximum atomic E-state index is 12.7. The van der Waals surface area contributed by atoms with E-state index in [0.29, 0.717) is 25.4 Å². The molecule has 0 bridgehead atoms. The summed E-state index contributed by atoms with van der Waals surface area (Å²) < 4.78 is 5.08. The van der Waals surface area contributed by atoms with Gasteiger partial charge in [-0.3, -0.25) is 14.6 Å². The summed E-state index contributed by atoms with van der Waals surface area (Å²) in [7, 11) is 1.65. The molecule has 140 valence electrons. The van der Waals surface area contributed by atoms with Crippen molar-refractivity contribution in [3.8, 4) is 0 Å². The first-order valence-corrected chi connectivity index (χ1v) is 8.60. The van der Waals surface area contributed by atoms with Gasteiger partial charge in [-0.25, -0.2) is 4.79 Å². The Balaban J connectivity index is 2.09. The molecule has 1 amide bonds. The lowest BCUT2D eigenvalue weighted by atomic mass is 9.77. The lowest BCUT2D eigenvalue weighted by Gasteiger charge is -2.42. The zero-order valence-electron chi connectivity index (χ0n) is 14.9. The third kappa shape index (κ3) is 4.79. The number of ether oxygens (including phenoxy) is 1. The molecule has 25 heavy (non-hydrogen) atoms. The minimum atomic E-state index is -0.575. The first-order chi connectivity index (χ1) is 11.9. The fourth-order valence-corrected chi connectivity index (χ4v) is 3.53. The lowest BCUT2D eigenvalue weighted by molar-refractivity contribution is -0.135. The van der Waals surface area contributed by atoms with Gasteiger partial charge in [-0.05, 0) is 32.6 Å². The van der Waals surface area contributed by atoms with Crippen molar-refractivity contribution >= 4 is 5.91 Å². The van der Waals surface area contributed by atoms with Crippen molar-refractivity contribution in [2.24, 2.45) is 5.41 Å². The number of aromatic amines is 2. The summed E-state index contributed by atoms with van der Waals surface area (Å²) in [5, 5.41) is 9.88. The Morgan fingerprint density at radius 2 is 2.12 bits per heavy atom. The van der Waals surface area contributed by atoms with Crippen molar-refractivity contribution in [2.45, 2.75) is 39.0 Å². The summed E-state index contributed by atoms with van der Waals surface area (Å²) >= 11 is 0. The number of aliphatic hydroxyl groups is 1. The van der Waals surface area contributed by atoms with Crippen LogP contribution in [0.5, 0.6) is 0 Å². The number of carbonyl (C=O) groups is 1. The second-order valence-electron chi connectivity index (χ2n) is 6.86. The number of piperidine rings is 1. The standard InChI is InChI=1S/C17H27N3O5/c1-12-13(15(23)19-16(24)18-12)9-14(22)20-7-3-5-17(10-20,11-21)6-4-8-25-2/h21H,3-11H2,1-2H3,(H2,18,19,23,24). The van der Waals surface area contributed by atoms with Crippen molar-refractivity contribution in [1.82, 2.24) is 14.9 Å². The van der Waals surface area contributed by atoms with Crippen LogP contribution in [0.15, 0.2) is 9.59 Å². The van der Waals surface area contributed by atoms with Crippen molar-refractivity contribution in [3.63, 3.8) is 0 Å². The maximum Gasteiger partial charge on any atom is 0.325 e. The summed E-state index contributed by atoms with van der Waals surface area (Å²) in [6, 6.07) is 0. The molecule has 0 spiro atoms. The number of amides is 1. The van der Waals surface area contributed by atoms with Gasteiger partial charge in [0.15, 0.2) is 0 Å². The van der Waals surface area contributed by atoms with Crippen LogP contribution >= 0.6 is 0 Å². The number of carbonyl (C=O) groups excluding carboxylic acids is 1. The Morgan fingerprint density at radius 1 is 1.36 bits per heavy atom.